The highest BCUT2D eigenvalue weighted by atomic mass is 32.2. The quantitative estimate of drug-likeness (QED) is 0.607. The third-order valence-corrected chi connectivity index (χ3v) is 8.61. The van der Waals surface area contributed by atoms with Crippen molar-refractivity contribution in [2.45, 2.75) is 29.4 Å². The van der Waals surface area contributed by atoms with Gasteiger partial charge in [-0.05, 0) is 30.7 Å². The molecule has 2 atom stereocenters. The number of benzene rings is 1. The minimum Gasteiger partial charge on any atom is -0.496 e. The van der Waals surface area contributed by atoms with Crippen molar-refractivity contribution in [2.24, 2.45) is 0 Å². The van der Waals surface area contributed by atoms with Crippen molar-refractivity contribution in [2.75, 3.05) is 39.4 Å². The Hall–Kier alpha value is -1.20. The number of sulfone groups is 2. The maximum Gasteiger partial charge on any atom is 0.183 e. The van der Waals surface area contributed by atoms with Gasteiger partial charge in [-0.1, -0.05) is 0 Å². The monoisotopic (exact) mass is 407 g/mol. The second kappa shape index (κ2) is 8.22. The Morgan fingerprint density at radius 2 is 1.85 bits per heavy atom. The Morgan fingerprint density at radius 3 is 2.38 bits per heavy atom. The van der Waals surface area contributed by atoms with Gasteiger partial charge in [0.05, 0.1) is 28.8 Å². The van der Waals surface area contributed by atoms with E-state index < -0.39 is 43.0 Å². The zero-order chi connectivity index (χ0) is 19.5. The normalized spacial score (nSPS) is 22.7. The van der Waals surface area contributed by atoms with E-state index in [1.54, 1.807) is 13.0 Å². The summed E-state index contributed by atoms with van der Waals surface area (Å²) in [5.74, 6) is -0.0878. The van der Waals surface area contributed by atoms with Gasteiger partial charge in [0, 0.05) is 26.8 Å². The molecule has 1 aromatic rings. The van der Waals surface area contributed by atoms with Gasteiger partial charge in [-0.3, -0.25) is 0 Å². The molecule has 0 saturated carbocycles. The SMILES string of the molecule is COc1ccc(S(=O)(=O)[C@H]2CS(=O)(=O)C[C@@H]2NCC(OC)OC)cc1C. The van der Waals surface area contributed by atoms with E-state index in [1.807, 2.05) is 0 Å². The van der Waals surface area contributed by atoms with Gasteiger partial charge in [0.2, 0.25) is 0 Å². The van der Waals surface area contributed by atoms with Crippen LogP contribution < -0.4 is 10.1 Å². The number of nitrogens with one attached hydrogen (secondary N) is 1. The van der Waals surface area contributed by atoms with Gasteiger partial charge in [-0.2, -0.15) is 0 Å². The highest BCUT2D eigenvalue weighted by Gasteiger charge is 2.45. The zero-order valence-electron chi connectivity index (χ0n) is 15.3. The summed E-state index contributed by atoms with van der Waals surface area (Å²) in [5.41, 5.74) is 0.665. The highest BCUT2D eigenvalue weighted by Crippen LogP contribution is 2.29. The van der Waals surface area contributed by atoms with Gasteiger partial charge >= 0.3 is 0 Å². The number of hydrogen-bond donors (Lipinski definition) is 1. The Balaban J connectivity index is 2.31. The molecule has 10 heteroatoms. The molecule has 1 heterocycles. The van der Waals surface area contributed by atoms with Crippen molar-refractivity contribution >= 4 is 19.7 Å². The molecule has 1 aliphatic heterocycles. The van der Waals surface area contributed by atoms with Crippen LogP contribution in [0.1, 0.15) is 5.56 Å². The molecular weight excluding hydrogens is 382 g/mol. The van der Waals surface area contributed by atoms with Crippen molar-refractivity contribution in [3.8, 4) is 5.75 Å². The molecule has 0 radical (unpaired) electrons. The fraction of sp³-hybridized carbons (Fsp3) is 0.625. The summed E-state index contributed by atoms with van der Waals surface area (Å²) >= 11 is 0. The maximum atomic E-state index is 13.1. The van der Waals surface area contributed by atoms with E-state index in [1.165, 1.54) is 33.5 Å². The van der Waals surface area contributed by atoms with Crippen LogP contribution in [0.25, 0.3) is 0 Å². The number of ether oxygens (including phenoxy) is 3. The predicted molar refractivity (Wildman–Crippen MR) is 97.0 cm³/mol. The Kier molecular flexibility index (Phi) is 6.67. The van der Waals surface area contributed by atoms with Crippen molar-refractivity contribution < 1.29 is 31.0 Å². The van der Waals surface area contributed by atoms with Crippen LogP contribution in [-0.2, 0) is 29.1 Å². The van der Waals surface area contributed by atoms with Crippen LogP contribution in [0, 0.1) is 6.92 Å². The van der Waals surface area contributed by atoms with E-state index in [-0.39, 0.29) is 17.2 Å². The van der Waals surface area contributed by atoms with E-state index in [9.17, 15) is 16.8 Å². The van der Waals surface area contributed by atoms with Crippen molar-refractivity contribution in [3.05, 3.63) is 23.8 Å². The van der Waals surface area contributed by atoms with Crippen LogP contribution in [0.3, 0.4) is 0 Å². The van der Waals surface area contributed by atoms with E-state index in [0.717, 1.165) is 0 Å². The third kappa shape index (κ3) is 4.55. The Labute approximate surface area is 154 Å². The standard InChI is InChI=1S/C16H25NO7S2/c1-11-7-12(5-6-14(11)22-2)26(20,21)15-10-25(18,19)9-13(15)17-8-16(23-3)24-4/h5-7,13,15-17H,8-10H2,1-4H3/t13-,15-/m0/s1. The lowest BCUT2D eigenvalue weighted by Gasteiger charge is -2.22. The summed E-state index contributed by atoms with van der Waals surface area (Å²) < 4.78 is 65.6. The zero-order valence-corrected chi connectivity index (χ0v) is 16.9. The van der Waals surface area contributed by atoms with Crippen molar-refractivity contribution in [3.63, 3.8) is 0 Å². The molecule has 8 nitrogen and oxygen atoms in total. The fourth-order valence-electron chi connectivity index (χ4n) is 3.02. The van der Waals surface area contributed by atoms with Crippen LogP contribution in [0.2, 0.25) is 0 Å². The van der Waals surface area contributed by atoms with Crippen molar-refractivity contribution in [1.29, 1.82) is 0 Å². The first-order valence-electron chi connectivity index (χ1n) is 8.02. The van der Waals surface area contributed by atoms with Crippen molar-refractivity contribution in [1.82, 2.24) is 5.32 Å². The fourth-order valence-corrected chi connectivity index (χ4v) is 7.82. The molecule has 0 unspecified atom stereocenters. The van der Waals surface area contributed by atoms with Gasteiger partial charge in [-0.15, -0.1) is 0 Å². The smallest absolute Gasteiger partial charge is 0.183 e. The molecule has 1 N–H and O–H groups in total. The minimum atomic E-state index is -3.85. The van der Waals surface area contributed by atoms with E-state index >= 15 is 0 Å². The summed E-state index contributed by atoms with van der Waals surface area (Å²) in [5, 5.41) is 1.89. The van der Waals surface area contributed by atoms with Gasteiger partial charge in [0.25, 0.3) is 0 Å². The first-order valence-corrected chi connectivity index (χ1v) is 11.4. The molecule has 1 fully saturated rings. The maximum absolute atomic E-state index is 13.1. The lowest BCUT2D eigenvalue weighted by Crippen LogP contribution is -2.46. The molecule has 26 heavy (non-hydrogen) atoms. The summed E-state index contributed by atoms with van der Waals surface area (Å²) in [7, 11) is -2.90. The molecule has 2 rings (SSSR count). The molecule has 0 aromatic heterocycles. The van der Waals surface area contributed by atoms with E-state index in [4.69, 9.17) is 14.2 Å². The topological polar surface area (TPSA) is 108 Å². The lowest BCUT2D eigenvalue weighted by atomic mass is 10.2. The molecule has 0 amide bonds. The average Bonchev–Trinajstić information content (AvgIpc) is 2.91. The molecule has 0 aliphatic carbocycles. The molecule has 148 valence electrons. The minimum absolute atomic E-state index is 0.0831. The number of rotatable bonds is 8. The molecule has 1 saturated heterocycles. The van der Waals surface area contributed by atoms with Crippen LogP contribution in [-0.4, -0.2) is 73.8 Å². The Morgan fingerprint density at radius 1 is 1.19 bits per heavy atom. The van der Waals surface area contributed by atoms with E-state index in [2.05, 4.69) is 5.32 Å². The summed E-state index contributed by atoms with van der Waals surface area (Å²) in [4.78, 5) is 0.0831. The number of hydrogen-bond acceptors (Lipinski definition) is 8. The highest BCUT2D eigenvalue weighted by molar-refractivity contribution is 7.96. The Bertz CT molecular complexity index is 832. The van der Waals surface area contributed by atoms with E-state index in [0.29, 0.717) is 11.3 Å². The van der Waals surface area contributed by atoms with Gasteiger partial charge in [-0.25, -0.2) is 16.8 Å². The molecular formula is C16H25NO7S2. The predicted octanol–water partition coefficient (Wildman–Crippen LogP) is 0.151. The molecule has 1 aromatic carbocycles. The second-order valence-corrected chi connectivity index (χ2v) is 10.5. The summed E-state index contributed by atoms with van der Waals surface area (Å²) in [6, 6.07) is 3.78. The van der Waals surface area contributed by atoms with Crippen LogP contribution in [0.4, 0.5) is 0 Å². The average molecular weight is 408 g/mol. The summed E-state index contributed by atoms with van der Waals surface area (Å²) in [6.45, 7) is 1.92. The van der Waals surface area contributed by atoms with Crippen LogP contribution in [0.5, 0.6) is 5.75 Å². The van der Waals surface area contributed by atoms with Gasteiger partial charge in [0.15, 0.2) is 26.0 Å². The van der Waals surface area contributed by atoms with Gasteiger partial charge < -0.3 is 19.5 Å². The second-order valence-electron chi connectivity index (χ2n) is 6.21. The van der Waals surface area contributed by atoms with Crippen LogP contribution >= 0.6 is 0 Å². The number of methoxy groups -OCH3 is 3. The van der Waals surface area contributed by atoms with Crippen LogP contribution in [0.15, 0.2) is 23.1 Å². The van der Waals surface area contributed by atoms with Gasteiger partial charge in [0.1, 0.15) is 5.75 Å². The first kappa shape index (κ1) is 21.1. The summed E-state index contributed by atoms with van der Waals surface area (Å²) in [6.07, 6.45) is -0.593. The third-order valence-electron chi connectivity index (χ3n) is 4.47. The first-order chi connectivity index (χ1) is 12.1. The molecule has 0 spiro atoms. The molecule has 1 aliphatic rings. The largest absolute Gasteiger partial charge is 0.496 e. The molecule has 0 bridgehead atoms. The number of aryl methyl sites for hydroxylation is 1. The lowest BCUT2D eigenvalue weighted by molar-refractivity contribution is -0.0995.